The van der Waals surface area contributed by atoms with Crippen LogP contribution in [-0.4, -0.2) is 42.5 Å². The summed E-state index contributed by atoms with van der Waals surface area (Å²) < 4.78 is 48.5. The number of hydrogen-bond acceptors (Lipinski definition) is 8. The predicted octanol–water partition coefficient (Wildman–Crippen LogP) is 1.45. The van der Waals surface area contributed by atoms with Crippen molar-refractivity contribution in [1.29, 1.82) is 0 Å². The highest BCUT2D eigenvalue weighted by molar-refractivity contribution is 7.86. The first-order valence-corrected chi connectivity index (χ1v) is 9.52. The van der Waals surface area contributed by atoms with Crippen molar-refractivity contribution < 1.29 is 41.6 Å². The van der Waals surface area contributed by atoms with Gasteiger partial charge in [-0.1, -0.05) is 0 Å². The van der Waals surface area contributed by atoms with Gasteiger partial charge in [0.1, 0.15) is 23.0 Å². The van der Waals surface area contributed by atoms with Gasteiger partial charge in [0.15, 0.2) is 0 Å². The number of hydrogen-bond donors (Lipinski definition) is 4. The van der Waals surface area contributed by atoms with Gasteiger partial charge in [0.2, 0.25) is 5.91 Å². The molecule has 2 aromatic rings. The Labute approximate surface area is 169 Å². The van der Waals surface area contributed by atoms with E-state index in [1.165, 1.54) is 18.2 Å². The molecule has 158 valence electrons. The maximum atomic E-state index is 12.8. The highest BCUT2D eigenvalue weighted by atomic mass is 32.2. The van der Waals surface area contributed by atoms with Crippen LogP contribution >= 0.6 is 0 Å². The molecule has 0 aliphatic carbocycles. The second-order valence-electron chi connectivity index (χ2n) is 5.63. The number of nitrogens with one attached hydrogen (secondary N) is 2. The lowest BCUT2D eigenvalue weighted by atomic mass is 10.3. The summed E-state index contributed by atoms with van der Waals surface area (Å²) in [5, 5.41) is 14.2. The summed E-state index contributed by atoms with van der Waals surface area (Å²) in [6.45, 7) is -0.558. The van der Waals surface area contributed by atoms with Crippen molar-refractivity contribution in [3.63, 3.8) is 0 Å². The van der Waals surface area contributed by atoms with Crippen LogP contribution in [0.15, 0.2) is 59.5 Å². The summed E-state index contributed by atoms with van der Waals surface area (Å²) in [4.78, 5) is 34.1. The average molecular weight is 438 g/mol. The number of rotatable bonds is 7. The van der Waals surface area contributed by atoms with Crippen molar-refractivity contribution in [2.24, 2.45) is 0 Å². The van der Waals surface area contributed by atoms with E-state index < -0.39 is 51.0 Å². The lowest BCUT2D eigenvalue weighted by molar-refractivity contribution is -0.154. The van der Waals surface area contributed by atoms with Crippen LogP contribution in [0.1, 0.15) is 0 Å². The minimum absolute atomic E-state index is 0.0408. The molecular weight excluding hydrogens is 423 g/mol. The zero-order valence-corrected chi connectivity index (χ0v) is 15.8. The number of halogens is 1. The molecule has 0 spiro atoms. The monoisotopic (exact) mass is 438 g/mol. The molecule has 1 amide bonds. The first kappa shape index (κ1) is 22.5. The second kappa shape index (κ2) is 9.62. The second-order valence-corrected chi connectivity index (χ2v) is 7.02. The summed E-state index contributed by atoms with van der Waals surface area (Å²) in [6.07, 6.45) is 1.51. The van der Waals surface area contributed by atoms with Gasteiger partial charge in [0.25, 0.3) is 10.1 Å². The number of amides is 1. The van der Waals surface area contributed by atoms with E-state index in [2.05, 4.69) is 15.4 Å². The van der Waals surface area contributed by atoms with Crippen molar-refractivity contribution in [2.75, 3.05) is 17.2 Å². The molecule has 0 saturated carbocycles. The molecule has 0 atom stereocenters. The standard InChI is InChI=1S/C18H15FN2O8S/c19-11-1-3-12(4-2-11)21-16(23)7-8-17(24)29-18(25)10-20-13-5-6-14(22)15(9-13)30(26,27)28/h1-9,20,22H,10H2,(H,21,23)(H,26,27,28)/b8-7-. The topological polar surface area (TPSA) is 159 Å². The smallest absolute Gasteiger partial charge is 0.338 e. The Kier molecular flexibility index (Phi) is 7.22. The van der Waals surface area contributed by atoms with E-state index in [0.717, 1.165) is 30.3 Å². The van der Waals surface area contributed by atoms with Crippen LogP contribution in [0.25, 0.3) is 0 Å². The molecule has 10 nitrogen and oxygen atoms in total. The Balaban J connectivity index is 1.84. The Hall–Kier alpha value is -3.77. The van der Waals surface area contributed by atoms with Crippen LogP contribution in [-0.2, 0) is 29.2 Å². The minimum Gasteiger partial charge on any atom is -0.506 e. The molecule has 0 fully saturated rings. The molecule has 2 aromatic carbocycles. The zero-order valence-electron chi connectivity index (χ0n) is 15.0. The van der Waals surface area contributed by atoms with E-state index in [1.54, 1.807) is 0 Å². The molecule has 0 heterocycles. The van der Waals surface area contributed by atoms with Crippen molar-refractivity contribution in [1.82, 2.24) is 0 Å². The lowest BCUT2D eigenvalue weighted by Gasteiger charge is -2.08. The van der Waals surface area contributed by atoms with Crippen LogP contribution in [0.5, 0.6) is 5.75 Å². The first-order valence-electron chi connectivity index (χ1n) is 8.08. The number of benzene rings is 2. The molecule has 0 aliphatic heterocycles. The normalized spacial score (nSPS) is 11.1. The maximum absolute atomic E-state index is 12.8. The third-order valence-electron chi connectivity index (χ3n) is 3.37. The Morgan fingerprint density at radius 3 is 2.30 bits per heavy atom. The van der Waals surface area contributed by atoms with Gasteiger partial charge in [0.05, 0.1) is 0 Å². The van der Waals surface area contributed by atoms with Gasteiger partial charge in [0, 0.05) is 23.5 Å². The van der Waals surface area contributed by atoms with Crippen LogP contribution < -0.4 is 10.6 Å². The van der Waals surface area contributed by atoms with E-state index in [-0.39, 0.29) is 11.4 Å². The fraction of sp³-hybridized carbons (Fsp3) is 0.0556. The van der Waals surface area contributed by atoms with Gasteiger partial charge in [-0.25, -0.2) is 14.0 Å². The third-order valence-corrected chi connectivity index (χ3v) is 4.25. The van der Waals surface area contributed by atoms with Crippen LogP contribution in [0.3, 0.4) is 0 Å². The molecule has 2 rings (SSSR count). The summed E-state index contributed by atoms with van der Waals surface area (Å²) in [6, 6.07) is 7.96. The summed E-state index contributed by atoms with van der Waals surface area (Å²) in [5.74, 6) is -4.08. The summed E-state index contributed by atoms with van der Waals surface area (Å²) >= 11 is 0. The van der Waals surface area contributed by atoms with Crippen molar-refractivity contribution in [2.45, 2.75) is 4.90 Å². The number of phenolic OH excluding ortho intramolecular Hbond substituents is 1. The van der Waals surface area contributed by atoms with Gasteiger partial charge < -0.3 is 20.5 Å². The van der Waals surface area contributed by atoms with Gasteiger partial charge in [-0.05, 0) is 42.5 Å². The number of carbonyl (C=O) groups excluding carboxylic acids is 3. The maximum Gasteiger partial charge on any atom is 0.338 e. The average Bonchev–Trinajstić information content (AvgIpc) is 2.66. The Bertz CT molecular complexity index is 1100. The van der Waals surface area contributed by atoms with E-state index in [0.29, 0.717) is 6.08 Å². The first-order chi connectivity index (χ1) is 14.0. The van der Waals surface area contributed by atoms with Crippen LogP contribution in [0.4, 0.5) is 15.8 Å². The fourth-order valence-corrected chi connectivity index (χ4v) is 2.66. The number of esters is 2. The highest BCUT2D eigenvalue weighted by Gasteiger charge is 2.16. The van der Waals surface area contributed by atoms with Crippen molar-refractivity contribution in [3.8, 4) is 5.75 Å². The van der Waals surface area contributed by atoms with E-state index in [9.17, 15) is 32.3 Å². The predicted molar refractivity (Wildman–Crippen MR) is 102 cm³/mol. The minimum atomic E-state index is -4.68. The number of aromatic hydroxyl groups is 1. The van der Waals surface area contributed by atoms with Gasteiger partial charge in [-0.3, -0.25) is 9.35 Å². The van der Waals surface area contributed by atoms with Gasteiger partial charge in [-0.15, -0.1) is 0 Å². The number of carbonyl (C=O) groups is 3. The molecule has 0 aromatic heterocycles. The molecule has 0 aliphatic rings. The van der Waals surface area contributed by atoms with Crippen molar-refractivity contribution >= 4 is 39.3 Å². The molecule has 30 heavy (non-hydrogen) atoms. The van der Waals surface area contributed by atoms with Gasteiger partial charge >= 0.3 is 11.9 Å². The van der Waals surface area contributed by atoms with Gasteiger partial charge in [-0.2, -0.15) is 8.42 Å². The highest BCUT2D eigenvalue weighted by Crippen LogP contribution is 2.25. The largest absolute Gasteiger partial charge is 0.506 e. The van der Waals surface area contributed by atoms with Crippen molar-refractivity contribution in [3.05, 3.63) is 60.4 Å². The fourth-order valence-electron chi connectivity index (χ4n) is 2.05. The van der Waals surface area contributed by atoms with E-state index in [1.807, 2.05) is 0 Å². The van der Waals surface area contributed by atoms with Crippen LogP contribution in [0.2, 0.25) is 0 Å². The molecule has 4 N–H and O–H groups in total. The molecule has 12 heteroatoms. The summed E-state index contributed by atoms with van der Waals surface area (Å²) in [7, 11) is -4.68. The molecule has 0 radical (unpaired) electrons. The Morgan fingerprint density at radius 1 is 1.03 bits per heavy atom. The molecule has 0 unspecified atom stereocenters. The number of ether oxygens (including phenoxy) is 1. The summed E-state index contributed by atoms with van der Waals surface area (Å²) in [5.41, 5.74) is 0.330. The number of anilines is 2. The number of phenols is 1. The molecule has 0 saturated heterocycles. The molecular formula is C18H15FN2O8S. The van der Waals surface area contributed by atoms with Crippen LogP contribution in [0, 0.1) is 5.82 Å². The van der Waals surface area contributed by atoms with E-state index >= 15 is 0 Å². The van der Waals surface area contributed by atoms with E-state index in [4.69, 9.17) is 4.55 Å². The quantitative estimate of drug-likeness (QED) is 0.165. The molecule has 0 bridgehead atoms. The Morgan fingerprint density at radius 2 is 1.67 bits per heavy atom. The SMILES string of the molecule is O=C(/C=C\C(=O)OC(=O)CNc1ccc(O)c(S(=O)(=O)O)c1)Nc1ccc(F)cc1. The third kappa shape index (κ3) is 7.00. The zero-order chi connectivity index (χ0) is 22.3. The lowest BCUT2D eigenvalue weighted by Crippen LogP contribution is -2.20.